The molecule has 0 saturated heterocycles. The van der Waals surface area contributed by atoms with Gasteiger partial charge in [0, 0.05) is 18.1 Å². The lowest BCUT2D eigenvalue weighted by Crippen LogP contribution is -1.97. The van der Waals surface area contributed by atoms with E-state index in [4.69, 9.17) is 16.3 Å². The van der Waals surface area contributed by atoms with E-state index in [1.54, 1.807) is 6.07 Å². The van der Waals surface area contributed by atoms with Crippen LogP contribution in [0.2, 0.25) is 5.15 Å². The molecule has 0 aliphatic rings. The van der Waals surface area contributed by atoms with Crippen molar-refractivity contribution < 1.29 is 4.74 Å². The summed E-state index contributed by atoms with van der Waals surface area (Å²) >= 11 is 6.05. The SMILES string of the molecule is CCCc1nc(Cl)cc(-c2cccc(OCC)c2)n1. The van der Waals surface area contributed by atoms with Gasteiger partial charge in [-0.3, -0.25) is 0 Å². The highest BCUT2D eigenvalue weighted by molar-refractivity contribution is 6.29. The van der Waals surface area contributed by atoms with E-state index in [1.807, 2.05) is 31.2 Å². The second-order valence-corrected chi connectivity index (χ2v) is 4.59. The van der Waals surface area contributed by atoms with E-state index in [0.717, 1.165) is 35.7 Å². The minimum absolute atomic E-state index is 0.482. The molecule has 0 amide bonds. The summed E-state index contributed by atoms with van der Waals surface area (Å²) in [4.78, 5) is 8.77. The summed E-state index contributed by atoms with van der Waals surface area (Å²) in [6.45, 7) is 4.71. The Morgan fingerprint density at radius 2 is 2.00 bits per heavy atom. The maximum atomic E-state index is 6.05. The zero-order valence-electron chi connectivity index (χ0n) is 11.2. The number of nitrogens with zero attached hydrogens (tertiary/aromatic N) is 2. The van der Waals surface area contributed by atoms with E-state index in [-0.39, 0.29) is 0 Å². The van der Waals surface area contributed by atoms with Gasteiger partial charge >= 0.3 is 0 Å². The van der Waals surface area contributed by atoms with Crippen LogP contribution >= 0.6 is 11.6 Å². The van der Waals surface area contributed by atoms with Crippen LogP contribution in [-0.4, -0.2) is 16.6 Å². The summed E-state index contributed by atoms with van der Waals surface area (Å²) in [5, 5.41) is 0.482. The highest BCUT2D eigenvalue weighted by atomic mass is 35.5. The third-order valence-electron chi connectivity index (χ3n) is 2.66. The molecule has 0 spiro atoms. The van der Waals surface area contributed by atoms with Crippen molar-refractivity contribution in [3.63, 3.8) is 0 Å². The van der Waals surface area contributed by atoms with E-state index >= 15 is 0 Å². The first kappa shape index (κ1) is 13.8. The summed E-state index contributed by atoms with van der Waals surface area (Å²) in [5.41, 5.74) is 1.83. The molecule has 3 nitrogen and oxygen atoms in total. The molecular formula is C15H17ClN2O. The topological polar surface area (TPSA) is 35.0 Å². The average molecular weight is 277 g/mol. The molecule has 0 unspecified atom stereocenters. The van der Waals surface area contributed by atoms with E-state index in [9.17, 15) is 0 Å². The van der Waals surface area contributed by atoms with Gasteiger partial charge in [0.2, 0.25) is 0 Å². The summed E-state index contributed by atoms with van der Waals surface area (Å²) in [7, 11) is 0. The van der Waals surface area contributed by atoms with Crippen LogP contribution in [0.5, 0.6) is 5.75 Å². The third kappa shape index (κ3) is 3.67. The predicted octanol–water partition coefficient (Wildman–Crippen LogP) is 4.15. The highest BCUT2D eigenvalue weighted by Gasteiger charge is 2.06. The fourth-order valence-corrected chi connectivity index (χ4v) is 2.06. The van der Waals surface area contributed by atoms with Gasteiger partial charge in [-0.2, -0.15) is 0 Å². The molecule has 0 fully saturated rings. The van der Waals surface area contributed by atoms with Crippen molar-refractivity contribution in [2.75, 3.05) is 6.61 Å². The molecule has 0 saturated carbocycles. The number of ether oxygens (including phenoxy) is 1. The first-order valence-electron chi connectivity index (χ1n) is 6.49. The van der Waals surface area contributed by atoms with Crippen molar-refractivity contribution in [2.45, 2.75) is 26.7 Å². The lowest BCUT2D eigenvalue weighted by atomic mass is 10.1. The van der Waals surface area contributed by atoms with Crippen molar-refractivity contribution in [1.29, 1.82) is 0 Å². The number of benzene rings is 1. The number of aryl methyl sites for hydroxylation is 1. The molecule has 100 valence electrons. The fraction of sp³-hybridized carbons (Fsp3) is 0.333. The van der Waals surface area contributed by atoms with Crippen LogP contribution in [0.3, 0.4) is 0 Å². The van der Waals surface area contributed by atoms with Crippen molar-refractivity contribution in [3.8, 4) is 17.0 Å². The average Bonchev–Trinajstić information content (AvgIpc) is 2.39. The van der Waals surface area contributed by atoms with Gasteiger partial charge < -0.3 is 4.74 Å². The van der Waals surface area contributed by atoms with Gasteiger partial charge in [-0.1, -0.05) is 30.7 Å². The highest BCUT2D eigenvalue weighted by Crippen LogP contribution is 2.24. The van der Waals surface area contributed by atoms with Gasteiger partial charge in [-0.25, -0.2) is 9.97 Å². The van der Waals surface area contributed by atoms with Crippen molar-refractivity contribution in [3.05, 3.63) is 41.3 Å². The number of rotatable bonds is 5. The first-order chi connectivity index (χ1) is 9.22. The second-order valence-electron chi connectivity index (χ2n) is 4.20. The van der Waals surface area contributed by atoms with Crippen LogP contribution in [-0.2, 0) is 6.42 Å². The third-order valence-corrected chi connectivity index (χ3v) is 2.85. The number of hydrogen-bond acceptors (Lipinski definition) is 3. The van der Waals surface area contributed by atoms with Gasteiger partial charge in [0.1, 0.15) is 16.7 Å². The number of aromatic nitrogens is 2. The largest absolute Gasteiger partial charge is 0.494 e. The maximum Gasteiger partial charge on any atom is 0.133 e. The summed E-state index contributed by atoms with van der Waals surface area (Å²) in [6, 6.07) is 9.64. The van der Waals surface area contributed by atoms with E-state index in [2.05, 4.69) is 16.9 Å². The molecule has 0 radical (unpaired) electrons. The van der Waals surface area contributed by atoms with Crippen molar-refractivity contribution in [2.24, 2.45) is 0 Å². The first-order valence-corrected chi connectivity index (χ1v) is 6.87. The molecular weight excluding hydrogens is 260 g/mol. The molecule has 0 atom stereocenters. The molecule has 1 heterocycles. The fourth-order valence-electron chi connectivity index (χ4n) is 1.86. The Kier molecular flexibility index (Phi) is 4.74. The van der Waals surface area contributed by atoms with Gasteiger partial charge in [-0.15, -0.1) is 0 Å². The van der Waals surface area contributed by atoms with Crippen molar-refractivity contribution in [1.82, 2.24) is 9.97 Å². The van der Waals surface area contributed by atoms with Crippen LogP contribution in [0.25, 0.3) is 11.3 Å². The van der Waals surface area contributed by atoms with Crippen LogP contribution in [0.4, 0.5) is 0 Å². The Bertz CT molecular complexity index is 558. The Hall–Kier alpha value is -1.61. The molecule has 0 N–H and O–H groups in total. The Balaban J connectivity index is 2.37. The van der Waals surface area contributed by atoms with Gasteiger partial charge in [0.05, 0.1) is 12.3 Å². The van der Waals surface area contributed by atoms with Crippen molar-refractivity contribution >= 4 is 11.6 Å². The monoisotopic (exact) mass is 276 g/mol. The lowest BCUT2D eigenvalue weighted by Gasteiger charge is -2.07. The predicted molar refractivity (Wildman–Crippen MR) is 77.6 cm³/mol. The minimum Gasteiger partial charge on any atom is -0.494 e. The van der Waals surface area contributed by atoms with Gasteiger partial charge in [0.25, 0.3) is 0 Å². The molecule has 19 heavy (non-hydrogen) atoms. The summed E-state index contributed by atoms with van der Waals surface area (Å²) < 4.78 is 5.50. The van der Waals surface area contributed by atoms with E-state index < -0.39 is 0 Å². The number of halogens is 1. The van der Waals surface area contributed by atoms with Gasteiger partial charge in [-0.05, 0) is 25.5 Å². The second kappa shape index (κ2) is 6.53. The van der Waals surface area contributed by atoms with Crippen LogP contribution in [0.15, 0.2) is 30.3 Å². The lowest BCUT2D eigenvalue weighted by molar-refractivity contribution is 0.340. The number of hydrogen-bond donors (Lipinski definition) is 0. The van der Waals surface area contributed by atoms with Gasteiger partial charge in [0.15, 0.2) is 0 Å². The van der Waals surface area contributed by atoms with Crippen LogP contribution < -0.4 is 4.74 Å². The smallest absolute Gasteiger partial charge is 0.133 e. The minimum atomic E-state index is 0.482. The normalized spacial score (nSPS) is 10.5. The Morgan fingerprint density at radius 1 is 1.16 bits per heavy atom. The summed E-state index contributed by atoms with van der Waals surface area (Å²) in [6.07, 6.45) is 1.83. The molecule has 2 rings (SSSR count). The molecule has 4 heteroatoms. The zero-order chi connectivity index (χ0) is 13.7. The van der Waals surface area contributed by atoms with E-state index in [0.29, 0.717) is 11.8 Å². The molecule has 0 aliphatic heterocycles. The summed E-state index contributed by atoms with van der Waals surface area (Å²) in [5.74, 6) is 1.62. The zero-order valence-corrected chi connectivity index (χ0v) is 11.9. The quantitative estimate of drug-likeness (QED) is 0.770. The van der Waals surface area contributed by atoms with Crippen LogP contribution in [0.1, 0.15) is 26.1 Å². The Labute approximate surface area is 118 Å². The van der Waals surface area contributed by atoms with E-state index in [1.165, 1.54) is 0 Å². The molecule has 1 aromatic heterocycles. The maximum absolute atomic E-state index is 6.05. The standard InChI is InChI=1S/C15H17ClN2O/c1-3-6-15-17-13(10-14(16)18-15)11-7-5-8-12(9-11)19-4-2/h5,7-10H,3-4,6H2,1-2H3. The molecule has 1 aromatic carbocycles. The molecule has 2 aromatic rings. The molecule has 0 aliphatic carbocycles. The molecule has 0 bridgehead atoms. The van der Waals surface area contributed by atoms with Crippen LogP contribution in [0, 0.1) is 0 Å². The Morgan fingerprint density at radius 3 is 2.74 bits per heavy atom.